The number of hydrogen-bond acceptors (Lipinski definition) is 5. The summed E-state index contributed by atoms with van der Waals surface area (Å²) < 4.78 is 2.94. The van der Waals surface area contributed by atoms with Crippen molar-refractivity contribution in [3.05, 3.63) is 117 Å². The lowest BCUT2D eigenvalue weighted by Gasteiger charge is -2.57. The molecule has 45 heavy (non-hydrogen) atoms. The fraction of sp³-hybridized carbons (Fsp3) is 0.297. The SMILES string of the molecule is CC1=NN(c2ccc(C34CC5CC(CC(C5)C3)C4)cc2)C(=O)/C1=C\c1c(O)n(-c2ccccc2)c(=S)n(-c2ccccc2)c1=O. The number of aromatic hydroxyl groups is 1. The summed E-state index contributed by atoms with van der Waals surface area (Å²) in [6, 6.07) is 26.6. The molecule has 1 amide bonds. The average molecular weight is 615 g/mol. The van der Waals surface area contributed by atoms with Crippen LogP contribution in [0.2, 0.25) is 0 Å². The molecule has 0 unspecified atom stereocenters. The first-order valence-corrected chi connectivity index (χ1v) is 16.2. The van der Waals surface area contributed by atoms with Gasteiger partial charge in [-0.05, 0) is 129 Å². The summed E-state index contributed by atoms with van der Waals surface area (Å²) in [4.78, 5) is 27.8. The molecule has 1 aliphatic heterocycles. The van der Waals surface area contributed by atoms with E-state index >= 15 is 0 Å². The third-order valence-corrected chi connectivity index (χ3v) is 10.8. The van der Waals surface area contributed by atoms with Gasteiger partial charge in [0.25, 0.3) is 11.5 Å². The first-order chi connectivity index (χ1) is 21.8. The molecule has 1 aromatic heterocycles. The van der Waals surface area contributed by atoms with Crippen LogP contribution in [0.25, 0.3) is 17.5 Å². The van der Waals surface area contributed by atoms with Gasteiger partial charge in [0.2, 0.25) is 5.88 Å². The second-order valence-corrected chi connectivity index (χ2v) is 13.6. The molecule has 0 atom stereocenters. The van der Waals surface area contributed by atoms with Crippen molar-refractivity contribution >= 4 is 35.6 Å². The Labute approximate surface area is 266 Å². The van der Waals surface area contributed by atoms with Crippen LogP contribution in [-0.2, 0) is 10.2 Å². The van der Waals surface area contributed by atoms with E-state index in [1.165, 1.54) is 64.3 Å². The van der Waals surface area contributed by atoms with Crippen molar-refractivity contribution in [2.45, 2.75) is 50.9 Å². The van der Waals surface area contributed by atoms with Gasteiger partial charge in [0.05, 0.1) is 28.3 Å². The van der Waals surface area contributed by atoms with E-state index in [0.29, 0.717) is 22.8 Å². The van der Waals surface area contributed by atoms with Gasteiger partial charge < -0.3 is 5.11 Å². The second-order valence-electron chi connectivity index (χ2n) is 13.3. The van der Waals surface area contributed by atoms with Crippen LogP contribution >= 0.6 is 12.2 Å². The Morgan fingerprint density at radius 1 is 0.778 bits per heavy atom. The summed E-state index contributed by atoms with van der Waals surface area (Å²) in [5, 5.41) is 17.5. The lowest BCUT2D eigenvalue weighted by molar-refractivity contribution is -0.114. The third kappa shape index (κ3) is 4.53. The highest BCUT2D eigenvalue weighted by Crippen LogP contribution is 2.60. The minimum Gasteiger partial charge on any atom is -0.494 e. The van der Waals surface area contributed by atoms with Gasteiger partial charge in [0, 0.05) is 0 Å². The summed E-state index contributed by atoms with van der Waals surface area (Å²) in [7, 11) is 0. The Kier molecular flexibility index (Phi) is 6.53. The predicted octanol–water partition coefficient (Wildman–Crippen LogP) is 7.34. The normalized spacial score (nSPS) is 26.1. The Morgan fingerprint density at radius 2 is 1.31 bits per heavy atom. The molecule has 3 aromatic carbocycles. The largest absolute Gasteiger partial charge is 0.494 e. The second kappa shape index (κ2) is 10.5. The van der Waals surface area contributed by atoms with Crippen molar-refractivity contribution in [1.82, 2.24) is 9.13 Å². The van der Waals surface area contributed by atoms with Crippen LogP contribution in [0, 0.1) is 22.5 Å². The first-order valence-electron chi connectivity index (χ1n) is 15.8. The van der Waals surface area contributed by atoms with Crippen molar-refractivity contribution in [3.63, 3.8) is 0 Å². The summed E-state index contributed by atoms with van der Waals surface area (Å²) in [5.41, 5.74) is 3.61. The zero-order chi connectivity index (χ0) is 30.9. The molecule has 4 fully saturated rings. The highest BCUT2D eigenvalue weighted by atomic mass is 32.1. The molecule has 8 heteroatoms. The number of hydrogen-bond donors (Lipinski definition) is 1. The summed E-state index contributed by atoms with van der Waals surface area (Å²) in [5.74, 6) is 1.88. The number of aromatic nitrogens is 2. The molecule has 0 radical (unpaired) electrons. The molecule has 4 saturated carbocycles. The minimum atomic E-state index is -0.526. The number of rotatable bonds is 5. The quantitative estimate of drug-likeness (QED) is 0.189. The minimum absolute atomic E-state index is 0.0479. The van der Waals surface area contributed by atoms with Crippen molar-refractivity contribution in [2.24, 2.45) is 22.9 Å². The van der Waals surface area contributed by atoms with Gasteiger partial charge in [0.15, 0.2) is 4.77 Å². The van der Waals surface area contributed by atoms with E-state index in [4.69, 9.17) is 12.2 Å². The molecule has 2 heterocycles. The summed E-state index contributed by atoms with van der Waals surface area (Å²) in [6.07, 6.45) is 9.47. The number of para-hydroxylation sites is 2. The number of hydrazone groups is 1. The van der Waals surface area contributed by atoms with Crippen LogP contribution in [0.15, 0.2) is 100 Å². The average Bonchev–Trinajstić information content (AvgIpc) is 3.32. The zero-order valence-electron chi connectivity index (χ0n) is 25.1. The predicted molar refractivity (Wildman–Crippen MR) is 179 cm³/mol. The van der Waals surface area contributed by atoms with Gasteiger partial charge >= 0.3 is 0 Å². The lowest BCUT2D eigenvalue weighted by Crippen LogP contribution is -2.48. The Hall–Kier alpha value is -4.56. The summed E-state index contributed by atoms with van der Waals surface area (Å²) in [6.45, 7) is 1.74. The lowest BCUT2D eigenvalue weighted by atomic mass is 9.48. The van der Waals surface area contributed by atoms with Crippen molar-refractivity contribution < 1.29 is 9.90 Å². The maximum Gasteiger partial charge on any atom is 0.280 e. The van der Waals surface area contributed by atoms with E-state index < -0.39 is 5.56 Å². The maximum absolute atomic E-state index is 14.0. The Balaban J connectivity index is 1.17. The number of carbonyl (C=O) groups excluding carboxylic acids is 1. The number of anilines is 1. The van der Waals surface area contributed by atoms with E-state index in [1.807, 2.05) is 48.5 Å². The van der Waals surface area contributed by atoms with Crippen LogP contribution in [0.4, 0.5) is 5.69 Å². The molecule has 5 aliphatic rings. The van der Waals surface area contributed by atoms with Crippen LogP contribution in [0.3, 0.4) is 0 Å². The topological polar surface area (TPSA) is 79.8 Å². The van der Waals surface area contributed by atoms with Gasteiger partial charge in [-0.2, -0.15) is 10.1 Å². The van der Waals surface area contributed by atoms with Gasteiger partial charge in [-0.25, -0.2) is 0 Å². The number of nitrogens with zero attached hydrogens (tertiary/aromatic N) is 4. The van der Waals surface area contributed by atoms with Crippen molar-refractivity contribution in [1.29, 1.82) is 0 Å². The molecule has 226 valence electrons. The highest BCUT2D eigenvalue weighted by Gasteiger charge is 2.51. The first kappa shape index (κ1) is 28.0. The van der Waals surface area contributed by atoms with Crippen LogP contribution < -0.4 is 10.6 Å². The molecular formula is C37H34N4O3S. The van der Waals surface area contributed by atoms with Crippen molar-refractivity contribution in [3.8, 4) is 17.3 Å². The molecular weight excluding hydrogens is 580 g/mol. The fourth-order valence-corrected chi connectivity index (χ4v) is 9.16. The zero-order valence-corrected chi connectivity index (χ0v) is 25.9. The van der Waals surface area contributed by atoms with Crippen LogP contribution in [-0.4, -0.2) is 25.9 Å². The molecule has 0 saturated heterocycles. The van der Waals surface area contributed by atoms with Gasteiger partial charge in [-0.15, -0.1) is 0 Å². The Morgan fingerprint density at radius 3 is 1.87 bits per heavy atom. The van der Waals surface area contributed by atoms with Gasteiger partial charge in [0.1, 0.15) is 5.56 Å². The fourth-order valence-electron chi connectivity index (χ4n) is 8.78. The van der Waals surface area contributed by atoms with Crippen LogP contribution in [0.5, 0.6) is 5.88 Å². The highest BCUT2D eigenvalue weighted by molar-refractivity contribution is 7.71. The third-order valence-electron chi connectivity index (χ3n) is 10.4. The van der Waals surface area contributed by atoms with E-state index in [0.717, 1.165) is 17.8 Å². The van der Waals surface area contributed by atoms with Gasteiger partial charge in [-0.1, -0.05) is 48.5 Å². The summed E-state index contributed by atoms with van der Waals surface area (Å²) >= 11 is 5.74. The molecule has 4 aromatic rings. The number of benzene rings is 3. The molecule has 1 N–H and O–H groups in total. The molecule has 9 rings (SSSR count). The van der Waals surface area contributed by atoms with E-state index in [2.05, 4.69) is 17.2 Å². The smallest absolute Gasteiger partial charge is 0.280 e. The monoisotopic (exact) mass is 614 g/mol. The molecule has 7 nitrogen and oxygen atoms in total. The Bertz CT molecular complexity index is 1970. The molecule has 4 bridgehead atoms. The van der Waals surface area contributed by atoms with Gasteiger partial charge in [-0.3, -0.25) is 18.7 Å². The number of amides is 1. The van der Waals surface area contributed by atoms with E-state index in [1.54, 1.807) is 31.2 Å². The number of carbonyl (C=O) groups is 1. The van der Waals surface area contributed by atoms with Crippen LogP contribution in [0.1, 0.15) is 56.6 Å². The molecule has 4 aliphatic carbocycles. The molecule has 0 spiro atoms. The standard InChI is InChI=1S/C37H34N4O3S/c1-23-31(19-32-33(42)39(28-8-4-2-5-9-28)36(45)40(34(32)43)29-10-6-3-7-11-29)35(44)41(38-23)30-14-12-27(13-15-30)37-20-24-16-25(21-37)18-26(17-24)22-37/h2-15,19,24-26,42H,16-18,20-22H2,1H3/b31-19-. The van der Waals surface area contributed by atoms with E-state index in [-0.39, 0.29) is 33.1 Å². The maximum atomic E-state index is 14.0. The van der Waals surface area contributed by atoms with Crippen molar-refractivity contribution in [2.75, 3.05) is 5.01 Å². The van der Waals surface area contributed by atoms with E-state index in [9.17, 15) is 14.7 Å².